The highest BCUT2D eigenvalue weighted by molar-refractivity contribution is 5.54. The Morgan fingerprint density at radius 2 is 2.27 bits per heavy atom. The number of rotatable bonds is 6. The quantitative estimate of drug-likeness (QED) is 0.707. The molecule has 0 amide bonds. The van der Waals surface area contributed by atoms with Gasteiger partial charge in [-0.1, -0.05) is 17.3 Å². The summed E-state index contributed by atoms with van der Waals surface area (Å²) in [7, 11) is 0. The van der Waals surface area contributed by atoms with Gasteiger partial charge in [-0.2, -0.15) is 10.1 Å². The van der Waals surface area contributed by atoms with E-state index in [1.54, 1.807) is 25.3 Å². The standard InChI is InChI=1S/C15H16FN5O/c1-11-3-4-12(9-13(11)16)15-19-14(22-20-15)10-17-6-8-21-7-2-5-18-21/h2-5,7,9,17H,6,8,10H2,1H3. The van der Waals surface area contributed by atoms with Gasteiger partial charge in [0.25, 0.3) is 0 Å². The molecular formula is C15H16FN5O. The van der Waals surface area contributed by atoms with Gasteiger partial charge in [-0.3, -0.25) is 4.68 Å². The van der Waals surface area contributed by atoms with E-state index in [1.807, 2.05) is 16.9 Å². The van der Waals surface area contributed by atoms with Crippen LogP contribution in [0.4, 0.5) is 4.39 Å². The SMILES string of the molecule is Cc1ccc(-c2noc(CNCCn3cccn3)n2)cc1F. The van der Waals surface area contributed by atoms with Crippen molar-refractivity contribution in [1.82, 2.24) is 25.2 Å². The lowest BCUT2D eigenvalue weighted by molar-refractivity contribution is 0.365. The molecule has 3 aromatic rings. The molecule has 0 saturated heterocycles. The van der Waals surface area contributed by atoms with Crippen LogP contribution in [0.3, 0.4) is 0 Å². The zero-order valence-corrected chi connectivity index (χ0v) is 12.2. The summed E-state index contributed by atoms with van der Waals surface area (Å²) in [5.41, 5.74) is 1.20. The maximum absolute atomic E-state index is 13.5. The van der Waals surface area contributed by atoms with Gasteiger partial charge in [0.15, 0.2) is 0 Å². The van der Waals surface area contributed by atoms with Gasteiger partial charge < -0.3 is 9.84 Å². The Balaban J connectivity index is 1.55. The van der Waals surface area contributed by atoms with Gasteiger partial charge in [-0.25, -0.2) is 4.39 Å². The van der Waals surface area contributed by atoms with Crippen LogP contribution in [0.2, 0.25) is 0 Å². The van der Waals surface area contributed by atoms with E-state index in [2.05, 4.69) is 20.6 Å². The summed E-state index contributed by atoms with van der Waals surface area (Å²) < 4.78 is 20.5. The molecule has 0 atom stereocenters. The summed E-state index contributed by atoms with van der Waals surface area (Å²) in [6.45, 7) is 3.67. The lowest BCUT2D eigenvalue weighted by Gasteiger charge is -2.01. The zero-order valence-electron chi connectivity index (χ0n) is 12.2. The lowest BCUT2D eigenvalue weighted by Crippen LogP contribution is -2.19. The number of aromatic nitrogens is 4. The second kappa shape index (κ2) is 6.48. The molecule has 7 heteroatoms. The molecule has 0 radical (unpaired) electrons. The minimum Gasteiger partial charge on any atom is -0.338 e. The largest absolute Gasteiger partial charge is 0.338 e. The summed E-state index contributed by atoms with van der Waals surface area (Å²) in [6.07, 6.45) is 3.64. The van der Waals surface area contributed by atoms with Crippen LogP contribution in [-0.2, 0) is 13.1 Å². The van der Waals surface area contributed by atoms with Crippen LogP contribution in [0, 0.1) is 12.7 Å². The van der Waals surface area contributed by atoms with Gasteiger partial charge >= 0.3 is 0 Å². The summed E-state index contributed by atoms with van der Waals surface area (Å²) in [5, 5.41) is 11.2. The van der Waals surface area contributed by atoms with Crippen molar-refractivity contribution in [2.24, 2.45) is 0 Å². The van der Waals surface area contributed by atoms with Gasteiger partial charge in [0.2, 0.25) is 11.7 Å². The smallest absolute Gasteiger partial charge is 0.240 e. The molecule has 0 aliphatic heterocycles. The van der Waals surface area contributed by atoms with E-state index in [1.165, 1.54) is 6.07 Å². The molecule has 0 fully saturated rings. The Bertz CT molecular complexity index is 738. The Kier molecular flexibility index (Phi) is 4.24. The molecule has 0 aliphatic rings. The molecule has 0 spiro atoms. The van der Waals surface area contributed by atoms with Crippen LogP contribution in [0.15, 0.2) is 41.2 Å². The van der Waals surface area contributed by atoms with E-state index in [4.69, 9.17) is 4.52 Å². The fraction of sp³-hybridized carbons (Fsp3) is 0.267. The molecular weight excluding hydrogens is 285 g/mol. The summed E-state index contributed by atoms with van der Waals surface area (Å²) in [6, 6.07) is 6.77. The van der Waals surface area contributed by atoms with Crippen molar-refractivity contribution in [3.63, 3.8) is 0 Å². The van der Waals surface area contributed by atoms with Gasteiger partial charge in [-0.05, 0) is 24.6 Å². The van der Waals surface area contributed by atoms with E-state index in [0.29, 0.717) is 29.4 Å². The Morgan fingerprint density at radius 1 is 1.36 bits per heavy atom. The third-order valence-corrected chi connectivity index (χ3v) is 3.25. The Morgan fingerprint density at radius 3 is 3.05 bits per heavy atom. The van der Waals surface area contributed by atoms with Crippen molar-refractivity contribution in [1.29, 1.82) is 0 Å². The van der Waals surface area contributed by atoms with E-state index < -0.39 is 0 Å². The molecule has 0 bridgehead atoms. The fourth-order valence-corrected chi connectivity index (χ4v) is 2.00. The number of aryl methyl sites for hydroxylation is 1. The van der Waals surface area contributed by atoms with Crippen molar-refractivity contribution in [3.05, 3.63) is 53.9 Å². The zero-order chi connectivity index (χ0) is 15.4. The van der Waals surface area contributed by atoms with Gasteiger partial charge in [0.05, 0.1) is 13.1 Å². The van der Waals surface area contributed by atoms with Crippen LogP contribution in [0.5, 0.6) is 0 Å². The van der Waals surface area contributed by atoms with Crippen molar-refractivity contribution in [2.75, 3.05) is 6.54 Å². The van der Waals surface area contributed by atoms with Crippen molar-refractivity contribution >= 4 is 0 Å². The van der Waals surface area contributed by atoms with Crippen LogP contribution >= 0.6 is 0 Å². The molecule has 0 saturated carbocycles. The highest BCUT2D eigenvalue weighted by Crippen LogP contribution is 2.18. The second-order valence-electron chi connectivity index (χ2n) is 4.92. The first kappa shape index (κ1) is 14.4. The first-order valence-corrected chi connectivity index (χ1v) is 6.99. The molecule has 1 aromatic carbocycles. The second-order valence-corrected chi connectivity index (χ2v) is 4.92. The summed E-state index contributed by atoms with van der Waals surface area (Å²) in [4.78, 5) is 4.26. The number of nitrogens with one attached hydrogen (secondary N) is 1. The summed E-state index contributed by atoms with van der Waals surface area (Å²) in [5.74, 6) is 0.584. The topological polar surface area (TPSA) is 68.8 Å². The van der Waals surface area contributed by atoms with Crippen molar-refractivity contribution < 1.29 is 8.91 Å². The van der Waals surface area contributed by atoms with Crippen molar-refractivity contribution in [2.45, 2.75) is 20.0 Å². The highest BCUT2D eigenvalue weighted by atomic mass is 19.1. The molecule has 2 aromatic heterocycles. The van der Waals surface area contributed by atoms with Gasteiger partial charge in [0, 0.05) is 24.5 Å². The Hall–Kier alpha value is -2.54. The molecule has 0 unspecified atom stereocenters. The van der Waals surface area contributed by atoms with Gasteiger partial charge in [-0.15, -0.1) is 0 Å². The number of hydrogen-bond acceptors (Lipinski definition) is 5. The fourth-order valence-electron chi connectivity index (χ4n) is 2.00. The molecule has 2 heterocycles. The Labute approximate surface area is 127 Å². The van der Waals surface area contributed by atoms with Crippen LogP contribution < -0.4 is 5.32 Å². The first-order chi connectivity index (χ1) is 10.7. The average Bonchev–Trinajstić information content (AvgIpc) is 3.18. The first-order valence-electron chi connectivity index (χ1n) is 6.99. The van der Waals surface area contributed by atoms with Crippen molar-refractivity contribution in [3.8, 4) is 11.4 Å². The van der Waals surface area contributed by atoms with Crippen LogP contribution in [0.1, 0.15) is 11.5 Å². The molecule has 3 rings (SSSR count). The molecule has 114 valence electrons. The molecule has 1 N–H and O–H groups in total. The lowest BCUT2D eigenvalue weighted by atomic mass is 10.1. The molecule has 0 aliphatic carbocycles. The third kappa shape index (κ3) is 3.37. The minimum atomic E-state index is -0.277. The predicted molar refractivity (Wildman–Crippen MR) is 78.4 cm³/mol. The monoisotopic (exact) mass is 301 g/mol. The van der Waals surface area contributed by atoms with Crippen LogP contribution in [-0.4, -0.2) is 26.5 Å². The van der Waals surface area contributed by atoms with E-state index in [0.717, 1.165) is 13.1 Å². The minimum absolute atomic E-state index is 0.277. The predicted octanol–water partition coefficient (Wildman–Crippen LogP) is 2.17. The average molecular weight is 301 g/mol. The maximum Gasteiger partial charge on any atom is 0.240 e. The third-order valence-electron chi connectivity index (χ3n) is 3.25. The number of nitrogens with zero attached hydrogens (tertiary/aromatic N) is 4. The number of halogens is 1. The van der Waals surface area contributed by atoms with Gasteiger partial charge in [0.1, 0.15) is 5.82 Å². The highest BCUT2D eigenvalue weighted by Gasteiger charge is 2.10. The van der Waals surface area contributed by atoms with Crippen LogP contribution in [0.25, 0.3) is 11.4 Å². The van der Waals surface area contributed by atoms with E-state index >= 15 is 0 Å². The van der Waals surface area contributed by atoms with E-state index in [9.17, 15) is 4.39 Å². The number of benzene rings is 1. The summed E-state index contributed by atoms with van der Waals surface area (Å²) >= 11 is 0. The maximum atomic E-state index is 13.5. The molecule has 22 heavy (non-hydrogen) atoms. The number of hydrogen-bond donors (Lipinski definition) is 1. The normalized spacial score (nSPS) is 11.0. The molecule has 6 nitrogen and oxygen atoms in total. The van der Waals surface area contributed by atoms with E-state index in [-0.39, 0.29) is 5.82 Å².